The van der Waals surface area contributed by atoms with Crippen molar-refractivity contribution in [2.24, 2.45) is 5.41 Å². The predicted octanol–water partition coefficient (Wildman–Crippen LogP) is 1.98. The van der Waals surface area contributed by atoms with Crippen LogP contribution in [0.3, 0.4) is 0 Å². The van der Waals surface area contributed by atoms with Gasteiger partial charge in [0.15, 0.2) is 5.78 Å². The van der Waals surface area contributed by atoms with Crippen LogP contribution in [-0.4, -0.2) is 37.0 Å². The molecular weight excluding hydrogens is 202 g/mol. The second kappa shape index (κ2) is 4.21. The molecule has 2 rings (SSSR count). The highest BCUT2D eigenvalue weighted by atomic mass is 16.5. The summed E-state index contributed by atoms with van der Waals surface area (Å²) in [4.78, 5) is 14.4. The molecule has 0 atom stereocenters. The molecule has 0 N–H and O–H groups in total. The zero-order valence-electron chi connectivity index (χ0n) is 10.5. The molecule has 2 aliphatic rings. The molecule has 0 radical (unpaired) electrons. The number of Topliss-reactive ketones (excluding diaryl/α,β-unsaturated/α-hetero) is 1. The van der Waals surface area contributed by atoms with Crippen LogP contribution in [0.25, 0.3) is 0 Å². The van der Waals surface area contributed by atoms with E-state index in [2.05, 4.69) is 25.7 Å². The minimum atomic E-state index is 0.136. The number of ketones is 1. The lowest BCUT2D eigenvalue weighted by Gasteiger charge is -2.37. The van der Waals surface area contributed by atoms with E-state index in [0.717, 1.165) is 38.4 Å². The van der Waals surface area contributed by atoms with E-state index < -0.39 is 0 Å². The molecule has 0 amide bonds. The van der Waals surface area contributed by atoms with Gasteiger partial charge in [0.1, 0.15) is 0 Å². The maximum absolute atomic E-state index is 12.2. The van der Waals surface area contributed by atoms with Gasteiger partial charge in [0.25, 0.3) is 0 Å². The van der Waals surface area contributed by atoms with E-state index in [1.165, 1.54) is 5.57 Å². The normalized spacial score (nSPS) is 26.2. The molecule has 0 spiro atoms. The smallest absolute Gasteiger partial charge is 0.179 e. The van der Waals surface area contributed by atoms with Crippen molar-refractivity contribution in [2.45, 2.75) is 33.6 Å². The Bertz CT molecular complexity index is 325. The number of morpholine rings is 1. The quantitative estimate of drug-likeness (QED) is 0.681. The van der Waals surface area contributed by atoms with Crippen LogP contribution in [-0.2, 0) is 9.53 Å². The van der Waals surface area contributed by atoms with Crippen LogP contribution in [0, 0.1) is 5.41 Å². The first kappa shape index (κ1) is 11.6. The number of rotatable bonds is 1. The Hall–Kier alpha value is -0.830. The van der Waals surface area contributed by atoms with Crippen molar-refractivity contribution >= 4 is 5.78 Å². The molecule has 16 heavy (non-hydrogen) atoms. The highest BCUT2D eigenvalue weighted by Crippen LogP contribution is 2.37. The Morgan fingerprint density at radius 1 is 1.19 bits per heavy atom. The molecule has 1 aliphatic carbocycles. The van der Waals surface area contributed by atoms with Gasteiger partial charge in [-0.25, -0.2) is 0 Å². The highest BCUT2D eigenvalue weighted by molar-refractivity contribution is 5.96. The van der Waals surface area contributed by atoms with Crippen LogP contribution in [0.2, 0.25) is 0 Å². The van der Waals surface area contributed by atoms with Gasteiger partial charge in [-0.15, -0.1) is 0 Å². The first-order valence-electron chi connectivity index (χ1n) is 6.05. The molecule has 1 fully saturated rings. The Balaban J connectivity index is 2.21. The van der Waals surface area contributed by atoms with E-state index in [1.54, 1.807) is 0 Å². The third kappa shape index (κ3) is 2.29. The summed E-state index contributed by atoms with van der Waals surface area (Å²) in [6.07, 6.45) is 1.71. The van der Waals surface area contributed by atoms with Gasteiger partial charge in [-0.3, -0.25) is 4.79 Å². The molecular formula is C13H21NO2. The number of nitrogens with zero attached hydrogens (tertiary/aromatic N) is 1. The second-order valence-corrected chi connectivity index (χ2v) is 5.67. The van der Waals surface area contributed by atoms with Gasteiger partial charge in [0.05, 0.1) is 18.9 Å². The first-order valence-corrected chi connectivity index (χ1v) is 6.05. The third-order valence-corrected chi connectivity index (χ3v) is 3.38. The Kier molecular flexibility index (Phi) is 3.06. The SMILES string of the molecule is CC1=C(N2CCOCC2)C(=O)CC(C)(C)C1. The van der Waals surface area contributed by atoms with Gasteiger partial charge in [0.2, 0.25) is 0 Å². The van der Waals surface area contributed by atoms with Crippen LogP contribution in [0.5, 0.6) is 0 Å². The Morgan fingerprint density at radius 2 is 1.81 bits per heavy atom. The maximum atomic E-state index is 12.2. The average molecular weight is 223 g/mol. The Labute approximate surface area is 97.5 Å². The summed E-state index contributed by atoms with van der Waals surface area (Å²) >= 11 is 0. The lowest BCUT2D eigenvalue weighted by molar-refractivity contribution is -0.120. The van der Waals surface area contributed by atoms with Crippen molar-refractivity contribution in [3.05, 3.63) is 11.3 Å². The molecule has 0 unspecified atom stereocenters. The van der Waals surface area contributed by atoms with Crippen LogP contribution >= 0.6 is 0 Å². The maximum Gasteiger partial charge on any atom is 0.179 e. The van der Waals surface area contributed by atoms with Crippen molar-refractivity contribution < 1.29 is 9.53 Å². The minimum absolute atomic E-state index is 0.136. The van der Waals surface area contributed by atoms with Crippen molar-refractivity contribution in [3.8, 4) is 0 Å². The predicted molar refractivity (Wildman–Crippen MR) is 63.1 cm³/mol. The number of allylic oxidation sites excluding steroid dienone is 2. The van der Waals surface area contributed by atoms with Gasteiger partial charge < -0.3 is 9.64 Å². The number of hydrogen-bond donors (Lipinski definition) is 0. The monoisotopic (exact) mass is 223 g/mol. The van der Waals surface area contributed by atoms with Gasteiger partial charge in [0, 0.05) is 19.5 Å². The summed E-state index contributed by atoms with van der Waals surface area (Å²) in [5.41, 5.74) is 2.36. The molecule has 3 nitrogen and oxygen atoms in total. The van der Waals surface area contributed by atoms with E-state index >= 15 is 0 Å². The molecule has 0 aromatic carbocycles. The summed E-state index contributed by atoms with van der Waals surface area (Å²) < 4.78 is 5.33. The molecule has 0 aromatic rings. The number of hydrogen-bond acceptors (Lipinski definition) is 3. The van der Waals surface area contributed by atoms with Crippen LogP contribution in [0.1, 0.15) is 33.6 Å². The molecule has 1 heterocycles. The number of carbonyl (C=O) groups excluding carboxylic acids is 1. The van der Waals surface area contributed by atoms with E-state index in [-0.39, 0.29) is 5.41 Å². The van der Waals surface area contributed by atoms with Gasteiger partial charge in [-0.05, 0) is 24.3 Å². The van der Waals surface area contributed by atoms with Crippen molar-refractivity contribution in [1.29, 1.82) is 0 Å². The van der Waals surface area contributed by atoms with E-state index in [0.29, 0.717) is 12.2 Å². The summed E-state index contributed by atoms with van der Waals surface area (Å²) in [6.45, 7) is 9.65. The third-order valence-electron chi connectivity index (χ3n) is 3.38. The van der Waals surface area contributed by atoms with Gasteiger partial charge >= 0.3 is 0 Å². The molecule has 3 heteroatoms. The molecule has 0 bridgehead atoms. The van der Waals surface area contributed by atoms with Crippen LogP contribution < -0.4 is 0 Å². The van der Waals surface area contributed by atoms with E-state index in [9.17, 15) is 4.79 Å². The molecule has 0 aromatic heterocycles. The average Bonchev–Trinajstić information content (AvgIpc) is 2.16. The zero-order valence-corrected chi connectivity index (χ0v) is 10.5. The second-order valence-electron chi connectivity index (χ2n) is 5.67. The van der Waals surface area contributed by atoms with E-state index in [4.69, 9.17) is 4.74 Å². The highest BCUT2D eigenvalue weighted by Gasteiger charge is 2.33. The minimum Gasteiger partial charge on any atom is -0.378 e. The van der Waals surface area contributed by atoms with E-state index in [1.807, 2.05) is 0 Å². The largest absolute Gasteiger partial charge is 0.378 e. The lowest BCUT2D eigenvalue weighted by Crippen LogP contribution is -2.41. The topological polar surface area (TPSA) is 29.5 Å². The first-order chi connectivity index (χ1) is 7.49. The van der Waals surface area contributed by atoms with Crippen LogP contribution in [0.4, 0.5) is 0 Å². The summed E-state index contributed by atoms with van der Waals surface area (Å²) in [5, 5.41) is 0. The van der Waals surface area contributed by atoms with Crippen molar-refractivity contribution in [1.82, 2.24) is 4.90 Å². The fourth-order valence-corrected chi connectivity index (χ4v) is 2.85. The van der Waals surface area contributed by atoms with Gasteiger partial charge in [-0.2, -0.15) is 0 Å². The molecule has 1 aliphatic heterocycles. The number of ether oxygens (including phenoxy) is 1. The van der Waals surface area contributed by atoms with Gasteiger partial charge in [-0.1, -0.05) is 13.8 Å². The molecule has 1 saturated heterocycles. The molecule has 90 valence electrons. The summed E-state index contributed by atoms with van der Waals surface area (Å²) in [6, 6.07) is 0. The summed E-state index contributed by atoms with van der Waals surface area (Å²) in [7, 11) is 0. The Morgan fingerprint density at radius 3 is 2.38 bits per heavy atom. The van der Waals surface area contributed by atoms with Crippen molar-refractivity contribution in [3.63, 3.8) is 0 Å². The summed E-state index contributed by atoms with van der Waals surface area (Å²) in [5.74, 6) is 0.315. The zero-order chi connectivity index (χ0) is 11.8. The standard InChI is InChI=1S/C13H21NO2/c1-10-8-13(2,3)9-11(15)12(10)14-4-6-16-7-5-14/h4-9H2,1-3H3. The fraction of sp³-hybridized carbons (Fsp3) is 0.769. The number of carbonyl (C=O) groups is 1. The van der Waals surface area contributed by atoms with Crippen molar-refractivity contribution in [2.75, 3.05) is 26.3 Å². The van der Waals surface area contributed by atoms with Crippen LogP contribution in [0.15, 0.2) is 11.3 Å². The lowest BCUT2D eigenvalue weighted by atomic mass is 9.75. The molecule has 0 saturated carbocycles. The fourth-order valence-electron chi connectivity index (χ4n) is 2.85.